The quantitative estimate of drug-likeness (QED) is 0.312. The molecule has 2 heterocycles. The maximum absolute atomic E-state index is 12.1. The lowest BCUT2D eigenvalue weighted by atomic mass is 10.1. The molecular weight excluding hydrogens is 294 g/mol. The molecule has 7 heteroatoms. The minimum Gasteiger partial charge on any atom is -0.365 e. The Bertz CT molecular complexity index is 742. The van der Waals surface area contributed by atoms with E-state index in [-0.39, 0.29) is 17.8 Å². The molecule has 0 bridgehead atoms. The summed E-state index contributed by atoms with van der Waals surface area (Å²) in [6, 6.07) is 6.69. The third kappa shape index (κ3) is 4.57. The topological polar surface area (TPSA) is 122 Å². The van der Waals surface area contributed by atoms with Gasteiger partial charge in [0.25, 0.3) is 11.8 Å². The van der Waals surface area contributed by atoms with E-state index >= 15 is 0 Å². The zero-order valence-corrected chi connectivity index (χ0v) is 12.2. The third-order valence-corrected chi connectivity index (χ3v) is 2.99. The van der Waals surface area contributed by atoms with E-state index in [9.17, 15) is 9.59 Å². The molecule has 0 saturated carbocycles. The van der Waals surface area contributed by atoms with Crippen LogP contribution < -0.4 is 11.1 Å². The maximum Gasteiger partial charge on any atom is 0.257 e. The Labute approximate surface area is 132 Å². The first-order valence-electron chi connectivity index (χ1n) is 6.75. The molecule has 0 radical (unpaired) electrons. The number of carbonyl (C=O) groups is 2. The fourth-order valence-electron chi connectivity index (χ4n) is 1.79. The number of hydrogen-bond acceptors (Lipinski definition) is 5. The minimum atomic E-state index is -0.893. The molecule has 0 saturated heterocycles. The summed E-state index contributed by atoms with van der Waals surface area (Å²) in [7, 11) is 0. The molecule has 0 spiro atoms. The molecule has 2 amide bonds. The second kappa shape index (κ2) is 7.60. The lowest BCUT2D eigenvalue weighted by Gasteiger charge is -2.07. The molecule has 2 aromatic heterocycles. The Morgan fingerprint density at radius 2 is 1.65 bits per heavy atom. The highest BCUT2D eigenvalue weighted by Gasteiger charge is 2.16. The first kappa shape index (κ1) is 16.0. The van der Waals surface area contributed by atoms with E-state index in [4.69, 9.17) is 11.1 Å². The number of hydrogen-bond donors (Lipinski definition) is 3. The number of nitrogens with two attached hydrogens (primary N) is 1. The Hall–Kier alpha value is -3.35. The number of allylic oxidation sites excluding steroid dienone is 1. The third-order valence-electron chi connectivity index (χ3n) is 2.99. The van der Waals surface area contributed by atoms with Crippen molar-refractivity contribution in [2.75, 3.05) is 0 Å². The van der Waals surface area contributed by atoms with E-state index in [1.807, 2.05) is 0 Å². The summed E-state index contributed by atoms with van der Waals surface area (Å²) in [6.07, 6.45) is 7.40. The van der Waals surface area contributed by atoms with Crippen molar-refractivity contribution in [2.24, 2.45) is 5.73 Å². The van der Waals surface area contributed by atoms with Crippen molar-refractivity contribution in [1.29, 1.82) is 5.41 Å². The zero-order valence-electron chi connectivity index (χ0n) is 12.2. The van der Waals surface area contributed by atoms with Crippen molar-refractivity contribution in [3.8, 4) is 0 Å². The van der Waals surface area contributed by atoms with Crippen molar-refractivity contribution in [1.82, 2.24) is 15.3 Å². The number of aromatic nitrogens is 2. The van der Waals surface area contributed by atoms with Crippen molar-refractivity contribution in [2.45, 2.75) is 6.54 Å². The van der Waals surface area contributed by atoms with Crippen LogP contribution in [0.2, 0.25) is 0 Å². The normalized spacial score (nSPS) is 10.9. The summed E-state index contributed by atoms with van der Waals surface area (Å²) in [4.78, 5) is 31.3. The molecule has 0 unspecified atom stereocenters. The molecule has 2 rings (SSSR count). The molecular formula is C16H15N5O2. The lowest BCUT2D eigenvalue weighted by molar-refractivity contribution is -0.122. The molecule has 2 aromatic rings. The van der Waals surface area contributed by atoms with Gasteiger partial charge in [0.15, 0.2) is 0 Å². The van der Waals surface area contributed by atoms with E-state index < -0.39 is 11.8 Å². The SMILES string of the molecule is N=C(/C=C(\C(N)=O)C(=O)NCc1ccncc1)c1ccncc1. The van der Waals surface area contributed by atoms with Gasteiger partial charge >= 0.3 is 0 Å². The second-order valence-corrected chi connectivity index (χ2v) is 4.61. The Morgan fingerprint density at radius 3 is 2.22 bits per heavy atom. The van der Waals surface area contributed by atoms with Crippen molar-refractivity contribution < 1.29 is 9.59 Å². The molecule has 7 nitrogen and oxygen atoms in total. The molecule has 0 aromatic carbocycles. The van der Waals surface area contributed by atoms with Crippen molar-refractivity contribution >= 4 is 17.5 Å². The number of primary amides is 1. The highest BCUT2D eigenvalue weighted by molar-refractivity contribution is 6.23. The van der Waals surface area contributed by atoms with Gasteiger partial charge in [0.2, 0.25) is 0 Å². The average Bonchev–Trinajstić information content (AvgIpc) is 2.58. The molecule has 23 heavy (non-hydrogen) atoms. The van der Waals surface area contributed by atoms with Crippen LogP contribution in [0.15, 0.2) is 60.7 Å². The van der Waals surface area contributed by atoms with Crippen LogP contribution in [-0.2, 0) is 16.1 Å². The zero-order chi connectivity index (χ0) is 16.7. The molecule has 0 aliphatic carbocycles. The summed E-state index contributed by atoms with van der Waals surface area (Å²) in [5.41, 5.74) is 6.33. The largest absolute Gasteiger partial charge is 0.365 e. The maximum atomic E-state index is 12.1. The van der Waals surface area contributed by atoms with Gasteiger partial charge in [-0.25, -0.2) is 0 Å². The van der Waals surface area contributed by atoms with E-state index in [0.29, 0.717) is 5.56 Å². The average molecular weight is 309 g/mol. The van der Waals surface area contributed by atoms with Crippen LogP contribution >= 0.6 is 0 Å². The molecule has 0 fully saturated rings. The Balaban J connectivity index is 2.11. The van der Waals surface area contributed by atoms with E-state index in [0.717, 1.165) is 11.6 Å². The highest BCUT2D eigenvalue weighted by Crippen LogP contribution is 2.04. The van der Waals surface area contributed by atoms with E-state index in [1.54, 1.807) is 36.7 Å². The fourth-order valence-corrected chi connectivity index (χ4v) is 1.79. The predicted octanol–water partition coefficient (Wildman–Crippen LogP) is 0.573. The van der Waals surface area contributed by atoms with E-state index in [1.165, 1.54) is 12.4 Å². The summed E-state index contributed by atoms with van der Waals surface area (Å²) < 4.78 is 0. The Morgan fingerprint density at radius 1 is 1.09 bits per heavy atom. The van der Waals surface area contributed by atoms with Crippen LogP contribution in [0.4, 0.5) is 0 Å². The second-order valence-electron chi connectivity index (χ2n) is 4.61. The smallest absolute Gasteiger partial charge is 0.257 e. The Kier molecular flexibility index (Phi) is 5.30. The van der Waals surface area contributed by atoms with Gasteiger partial charge in [-0.3, -0.25) is 19.6 Å². The van der Waals surface area contributed by atoms with Gasteiger partial charge in [-0.2, -0.15) is 0 Å². The number of carbonyl (C=O) groups excluding carboxylic acids is 2. The number of amides is 2. The number of rotatable bonds is 6. The summed E-state index contributed by atoms with van der Waals surface area (Å²) in [6.45, 7) is 0.231. The summed E-state index contributed by atoms with van der Waals surface area (Å²) in [5, 5.41) is 10.5. The molecule has 4 N–H and O–H groups in total. The van der Waals surface area contributed by atoms with Crippen LogP contribution in [0.1, 0.15) is 11.1 Å². The van der Waals surface area contributed by atoms with Crippen LogP contribution in [0.5, 0.6) is 0 Å². The highest BCUT2D eigenvalue weighted by atomic mass is 16.2. The first-order valence-corrected chi connectivity index (χ1v) is 6.75. The van der Waals surface area contributed by atoms with Crippen LogP contribution in [0.25, 0.3) is 0 Å². The monoisotopic (exact) mass is 309 g/mol. The van der Waals surface area contributed by atoms with Crippen LogP contribution in [0, 0.1) is 5.41 Å². The number of nitrogens with one attached hydrogen (secondary N) is 2. The summed E-state index contributed by atoms with van der Waals surface area (Å²) in [5.74, 6) is -1.52. The summed E-state index contributed by atoms with van der Waals surface area (Å²) >= 11 is 0. The van der Waals surface area contributed by atoms with Gasteiger partial charge in [-0.1, -0.05) is 0 Å². The standard InChI is InChI=1S/C16H15N5O2/c17-14(12-3-7-20-8-4-12)9-13(15(18)22)16(23)21-10-11-1-5-19-6-2-11/h1-9,17H,10H2,(H2,18,22)(H,21,23)/b13-9+,17-14?. The van der Waals surface area contributed by atoms with Gasteiger partial charge in [-0.15, -0.1) is 0 Å². The van der Waals surface area contributed by atoms with Gasteiger partial charge in [-0.05, 0) is 35.9 Å². The fraction of sp³-hybridized carbons (Fsp3) is 0.0625. The van der Waals surface area contributed by atoms with Crippen LogP contribution in [0.3, 0.4) is 0 Å². The molecule has 116 valence electrons. The van der Waals surface area contributed by atoms with Gasteiger partial charge < -0.3 is 16.5 Å². The molecule has 0 aliphatic heterocycles. The molecule has 0 atom stereocenters. The van der Waals surface area contributed by atoms with E-state index in [2.05, 4.69) is 15.3 Å². The predicted molar refractivity (Wildman–Crippen MR) is 84.4 cm³/mol. The first-order chi connectivity index (χ1) is 11.1. The van der Waals surface area contributed by atoms with Gasteiger partial charge in [0, 0.05) is 36.9 Å². The molecule has 0 aliphatic rings. The van der Waals surface area contributed by atoms with Crippen molar-refractivity contribution in [3.05, 3.63) is 71.8 Å². The number of nitrogens with zero attached hydrogens (tertiary/aromatic N) is 2. The minimum absolute atomic E-state index is 0.000242. The van der Waals surface area contributed by atoms with Crippen molar-refractivity contribution in [3.63, 3.8) is 0 Å². The lowest BCUT2D eigenvalue weighted by Crippen LogP contribution is -2.31. The van der Waals surface area contributed by atoms with Gasteiger partial charge in [0.05, 0.1) is 5.71 Å². The van der Waals surface area contributed by atoms with Gasteiger partial charge in [0.1, 0.15) is 5.57 Å². The van der Waals surface area contributed by atoms with Crippen LogP contribution in [-0.4, -0.2) is 27.5 Å². The number of pyridine rings is 2.